The number of aromatic nitrogens is 1. The molecule has 1 aromatic heterocycles. The Morgan fingerprint density at radius 3 is 2.81 bits per heavy atom. The number of amides is 1. The zero-order valence-electron chi connectivity index (χ0n) is 11.7. The molecule has 4 nitrogen and oxygen atoms in total. The number of nitrogens with zero attached hydrogens (tertiary/aromatic N) is 1. The molecule has 21 heavy (non-hydrogen) atoms. The Labute approximate surface area is 128 Å². The fourth-order valence-electron chi connectivity index (χ4n) is 2.07. The number of rotatable bonds is 4. The first kappa shape index (κ1) is 13.9. The van der Waals surface area contributed by atoms with Gasteiger partial charge in [-0.25, -0.2) is 0 Å². The number of hydrogen-bond donors (Lipinski definition) is 2. The number of pyridine rings is 1. The van der Waals surface area contributed by atoms with Gasteiger partial charge >= 0.3 is 0 Å². The van der Waals surface area contributed by atoms with Gasteiger partial charge < -0.3 is 10.6 Å². The first-order valence-corrected chi connectivity index (χ1v) is 7.29. The van der Waals surface area contributed by atoms with E-state index in [1.807, 2.05) is 19.1 Å². The Bertz CT molecular complexity index is 683. The number of hydrogen-bond acceptors (Lipinski definition) is 3. The van der Waals surface area contributed by atoms with Crippen molar-refractivity contribution in [3.05, 3.63) is 52.8 Å². The van der Waals surface area contributed by atoms with Crippen LogP contribution in [0.15, 0.2) is 36.7 Å². The van der Waals surface area contributed by atoms with Crippen LogP contribution < -0.4 is 10.6 Å². The van der Waals surface area contributed by atoms with E-state index >= 15 is 0 Å². The van der Waals surface area contributed by atoms with Crippen LogP contribution in [0.5, 0.6) is 0 Å². The zero-order valence-corrected chi connectivity index (χ0v) is 12.4. The van der Waals surface area contributed by atoms with E-state index in [-0.39, 0.29) is 5.91 Å². The zero-order chi connectivity index (χ0) is 14.8. The average molecular weight is 302 g/mol. The number of carbonyl (C=O) groups excluding carboxylic acids is 1. The molecule has 2 aromatic rings. The van der Waals surface area contributed by atoms with Crippen LogP contribution in [0.25, 0.3) is 0 Å². The molecular formula is C16H16ClN3O. The van der Waals surface area contributed by atoms with Crippen LogP contribution in [0.4, 0.5) is 11.4 Å². The number of aryl methyl sites for hydroxylation is 1. The smallest absolute Gasteiger partial charge is 0.257 e. The Morgan fingerprint density at radius 2 is 2.10 bits per heavy atom. The molecule has 1 saturated carbocycles. The molecule has 1 fully saturated rings. The molecule has 2 N–H and O–H groups in total. The number of nitrogens with one attached hydrogen (secondary N) is 2. The molecule has 1 amide bonds. The molecule has 0 bridgehead atoms. The Balaban J connectivity index is 1.75. The van der Waals surface area contributed by atoms with Crippen LogP contribution >= 0.6 is 11.6 Å². The minimum atomic E-state index is -0.174. The van der Waals surface area contributed by atoms with E-state index in [0.717, 1.165) is 16.9 Å². The Morgan fingerprint density at radius 1 is 1.29 bits per heavy atom. The van der Waals surface area contributed by atoms with E-state index in [1.165, 1.54) is 12.8 Å². The summed E-state index contributed by atoms with van der Waals surface area (Å²) in [7, 11) is 0. The molecule has 0 unspecified atom stereocenters. The summed E-state index contributed by atoms with van der Waals surface area (Å²) in [6, 6.07) is 7.73. The Hall–Kier alpha value is -2.07. The number of benzene rings is 1. The van der Waals surface area contributed by atoms with Crippen molar-refractivity contribution in [2.24, 2.45) is 0 Å². The molecule has 108 valence electrons. The van der Waals surface area contributed by atoms with Gasteiger partial charge in [0.1, 0.15) is 0 Å². The van der Waals surface area contributed by atoms with Gasteiger partial charge in [-0.05, 0) is 49.6 Å². The van der Waals surface area contributed by atoms with Crippen LogP contribution in [0.1, 0.15) is 28.8 Å². The number of halogens is 1. The molecule has 0 spiro atoms. The van der Waals surface area contributed by atoms with E-state index in [0.29, 0.717) is 16.6 Å². The van der Waals surface area contributed by atoms with Crippen molar-refractivity contribution in [2.45, 2.75) is 25.8 Å². The van der Waals surface area contributed by atoms with Gasteiger partial charge in [-0.2, -0.15) is 0 Å². The quantitative estimate of drug-likeness (QED) is 0.901. The summed E-state index contributed by atoms with van der Waals surface area (Å²) in [5, 5.41) is 6.87. The highest BCUT2D eigenvalue weighted by atomic mass is 35.5. The van der Waals surface area contributed by atoms with Crippen molar-refractivity contribution >= 4 is 28.9 Å². The van der Waals surface area contributed by atoms with E-state index in [1.54, 1.807) is 24.5 Å². The third-order valence-electron chi connectivity index (χ3n) is 3.39. The van der Waals surface area contributed by atoms with E-state index in [9.17, 15) is 4.79 Å². The van der Waals surface area contributed by atoms with Gasteiger partial charge in [-0.3, -0.25) is 9.78 Å². The normalized spacial score (nSPS) is 13.8. The van der Waals surface area contributed by atoms with Gasteiger partial charge in [0.25, 0.3) is 5.91 Å². The molecule has 0 aliphatic heterocycles. The van der Waals surface area contributed by atoms with Crippen molar-refractivity contribution in [3.8, 4) is 0 Å². The number of anilines is 2. The van der Waals surface area contributed by atoms with Gasteiger partial charge in [0.05, 0.1) is 11.3 Å². The molecule has 1 aliphatic carbocycles. The van der Waals surface area contributed by atoms with Crippen LogP contribution in [0.3, 0.4) is 0 Å². The summed E-state index contributed by atoms with van der Waals surface area (Å²) >= 11 is 5.91. The molecule has 0 atom stereocenters. The van der Waals surface area contributed by atoms with E-state index in [2.05, 4.69) is 15.6 Å². The van der Waals surface area contributed by atoms with Crippen LogP contribution in [-0.4, -0.2) is 16.9 Å². The van der Waals surface area contributed by atoms with Crippen LogP contribution in [0, 0.1) is 6.92 Å². The molecule has 5 heteroatoms. The lowest BCUT2D eigenvalue weighted by atomic mass is 10.2. The fraction of sp³-hybridized carbons (Fsp3) is 0.250. The summed E-state index contributed by atoms with van der Waals surface area (Å²) < 4.78 is 0. The largest absolute Gasteiger partial charge is 0.381 e. The van der Waals surface area contributed by atoms with Crippen molar-refractivity contribution in [1.82, 2.24) is 4.98 Å². The molecule has 0 saturated heterocycles. The summed E-state index contributed by atoms with van der Waals surface area (Å²) in [5.74, 6) is -0.174. The molecule has 3 rings (SSSR count). The SMILES string of the molecule is Cc1cc(Cl)ccc1NC(=O)c1cncc(NC2CC2)c1. The lowest BCUT2D eigenvalue weighted by Crippen LogP contribution is -2.13. The van der Waals surface area contributed by atoms with E-state index in [4.69, 9.17) is 11.6 Å². The predicted molar refractivity (Wildman–Crippen MR) is 85.0 cm³/mol. The molecule has 1 heterocycles. The monoisotopic (exact) mass is 301 g/mol. The molecule has 1 aromatic carbocycles. The third kappa shape index (κ3) is 3.52. The van der Waals surface area contributed by atoms with Gasteiger partial charge in [0.15, 0.2) is 0 Å². The Kier molecular flexibility index (Phi) is 3.80. The number of carbonyl (C=O) groups is 1. The van der Waals surface area contributed by atoms with Crippen LogP contribution in [0.2, 0.25) is 5.02 Å². The van der Waals surface area contributed by atoms with Gasteiger partial charge in [-0.15, -0.1) is 0 Å². The van der Waals surface area contributed by atoms with Crippen molar-refractivity contribution in [1.29, 1.82) is 0 Å². The third-order valence-corrected chi connectivity index (χ3v) is 3.62. The van der Waals surface area contributed by atoms with Crippen molar-refractivity contribution in [3.63, 3.8) is 0 Å². The highest BCUT2D eigenvalue weighted by Gasteiger charge is 2.21. The maximum absolute atomic E-state index is 12.3. The summed E-state index contributed by atoms with van der Waals surface area (Å²) in [4.78, 5) is 16.4. The highest BCUT2D eigenvalue weighted by molar-refractivity contribution is 6.30. The first-order chi connectivity index (χ1) is 10.1. The van der Waals surface area contributed by atoms with Crippen LogP contribution in [-0.2, 0) is 0 Å². The summed E-state index contributed by atoms with van der Waals surface area (Å²) in [6.07, 6.45) is 5.67. The minimum Gasteiger partial charge on any atom is -0.381 e. The molecule has 1 aliphatic rings. The summed E-state index contributed by atoms with van der Waals surface area (Å²) in [6.45, 7) is 1.91. The standard InChI is InChI=1S/C16H16ClN3O/c1-10-6-12(17)2-5-15(10)20-16(21)11-7-14(9-18-8-11)19-13-3-4-13/h2,5-9,13,19H,3-4H2,1H3,(H,20,21). The molecular weight excluding hydrogens is 286 g/mol. The van der Waals surface area contributed by atoms with Crippen molar-refractivity contribution in [2.75, 3.05) is 10.6 Å². The predicted octanol–water partition coefficient (Wildman–Crippen LogP) is 3.87. The average Bonchev–Trinajstić information content (AvgIpc) is 3.26. The topological polar surface area (TPSA) is 54.0 Å². The lowest BCUT2D eigenvalue weighted by molar-refractivity contribution is 0.102. The molecule has 0 radical (unpaired) electrons. The highest BCUT2D eigenvalue weighted by Crippen LogP contribution is 2.25. The fourth-order valence-corrected chi connectivity index (χ4v) is 2.29. The second-order valence-corrected chi connectivity index (χ2v) is 5.73. The maximum Gasteiger partial charge on any atom is 0.257 e. The second kappa shape index (κ2) is 5.74. The van der Waals surface area contributed by atoms with Gasteiger partial charge in [-0.1, -0.05) is 11.6 Å². The lowest BCUT2D eigenvalue weighted by Gasteiger charge is -2.10. The minimum absolute atomic E-state index is 0.174. The van der Waals surface area contributed by atoms with Gasteiger partial charge in [0.2, 0.25) is 0 Å². The maximum atomic E-state index is 12.3. The first-order valence-electron chi connectivity index (χ1n) is 6.91. The van der Waals surface area contributed by atoms with E-state index < -0.39 is 0 Å². The second-order valence-electron chi connectivity index (χ2n) is 5.29. The summed E-state index contributed by atoms with van der Waals surface area (Å²) in [5.41, 5.74) is 3.11. The van der Waals surface area contributed by atoms with Crippen molar-refractivity contribution < 1.29 is 4.79 Å². The van der Waals surface area contributed by atoms with Gasteiger partial charge in [0, 0.05) is 29.1 Å².